The number of hydrogen-bond donors (Lipinski definition) is 1. The predicted molar refractivity (Wildman–Crippen MR) is 74.1 cm³/mol. The van der Waals surface area contributed by atoms with E-state index in [2.05, 4.69) is 11.0 Å². The van der Waals surface area contributed by atoms with E-state index >= 15 is 0 Å². The van der Waals surface area contributed by atoms with Crippen LogP contribution in [-0.2, 0) is 6.54 Å². The molecule has 0 saturated heterocycles. The van der Waals surface area contributed by atoms with Gasteiger partial charge in [-0.1, -0.05) is 12.1 Å². The molecule has 2 aromatic rings. The van der Waals surface area contributed by atoms with Crippen LogP contribution in [0.2, 0.25) is 0 Å². The molecule has 0 heterocycles. The van der Waals surface area contributed by atoms with Crippen LogP contribution in [0.5, 0.6) is 0 Å². The molecule has 0 atom stereocenters. The summed E-state index contributed by atoms with van der Waals surface area (Å²) in [6.07, 6.45) is 0. The van der Waals surface area contributed by atoms with Crippen LogP contribution < -0.4 is 10.6 Å². The Morgan fingerprint density at radius 2 is 1.67 bits per heavy atom. The van der Waals surface area contributed by atoms with Crippen LogP contribution in [0.25, 0.3) is 0 Å². The Labute approximate surface area is 107 Å². The van der Waals surface area contributed by atoms with Crippen molar-refractivity contribution in [1.82, 2.24) is 0 Å². The van der Waals surface area contributed by atoms with Gasteiger partial charge in [-0.3, -0.25) is 0 Å². The molecule has 0 spiro atoms. The summed E-state index contributed by atoms with van der Waals surface area (Å²) >= 11 is 0. The SMILES string of the molecule is CN(Cc1ccc(N)cc1)c1ccc(C#N)cc1. The third-order valence-corrected chi connectivity index (χ3v) is 2.84. The molecule has 90 valence electrons. The topological polar surface area (TPSA) is 53.0 Å². The van der Waals surface area contributed by atoms with Crippen LogP contribution in [0.15, 0.2) is 48.5 Å². The first-order valence-electron chi connectivity index (χ1n) is 5.75. The fourth-order valence-electron chi connectivity index (χ4n) is 1.78. The van der Waals surface area contributed by atoms with Crippen LogP contribution in [0.1, 0.15) is 11.1 Å². The van der Waals surface area contributed by atoms with Crippen LogP contribution in [-0.4, -0.2) is 7.05 Å². The van der Waals surface area contributed by atoms with Gasteiger partial charge in [-0.25, -0.2) is 0 Å². The number of nitrogens with zero attached hydrogens (tertiary/aromatic N) is 2. The van der Waals surface area contributed by atoms with Gasteiger partial charge in [0, 0.05) is 25.0 Å². The van der Waals surface area contributed by atoms with Crippen molar-refractivity contribution in [2.45, 2.75) is 6.54 Å². The molecule has 0 unspecified atom stereocenters. The minimum atomic E-state index is 0.680. The smallest absolute Gasteiger partial charge is 0.0991 e. The predicted octanol–water partition coefficient (Wildman–Crippen LogP) is 2.78. The summed E-state index contributed by atoms with van der Waals surface area (Å²) in [7, 11) is 2.03. The highest BCUT2D eigenvalue weighted by atomic mass is 15.1. The van der Waals surface area contributed by atoms with Crippen molar-refractivity contribution in [3.8, 4) is 6.07 Å². The van der Waals surface area contributed by atoms with Crippen molar-refractivity contribution in [3.63, 3.8) is 0 Å². The Bertz CT molecular complexity index is 550. The molecule has 0 aliphatic rings. The summed E-state index contributed by atoms with van der Waals surface area (Å²) in [5, 5.41) is 8.75. The number of hydrogen-bond acceptors (Lipinski definition) is 3. The van der Waals surface area contributed by atoms with E-state index < -0.39 is 0 Å². The molecule has 0 fully saturated rings. The normalized spacial score (nSPS) is 9.78. The molecule has 3 nitrogen and oxygen atoms in total. The Hall–Kier alpha value is -2.47. The maximum atomic E-state index is 8.75. The van der Waals surface area contributed by atoms with Gasteiger partial charge in [0.25, 0.3) is 0 Å². The lowest BCUT2D eigenvalue weighted by Crippen LogP contribution is -2.16. The molecule has 0 amide bonds. The number of anilines is 2. The molecule has 0 aliphatic carbocycles. The maximum Gasteiger partial charge on any atom is 0.0991 e. The first-order valence-corrected chi connectivity index (χ1v) is 5.75. The average Bonchev–Trinajstić information content (AvgIpc) is 2.41. The van der Waals surface area contributed by atoms with Crippen molar-refractivity contribution in [2.75, 3.05) is 17.7 Å². The highest BCUT2D eigenvalue weighted by Crippen LogP contribution is 2.16. The lowest BCUT2D eigenvalue weighted by atomic mass is 10.1. The van der Waals surface area contributed by atoms with Gasteiger partial charge in [-0.05, 0) is 42.0 Å². The van der Waals surface area contributed by atoms with Gasteiger partial charge in [0.05, 0.1) is 11.6 Å². The quantitative estimate of drug-likeness (QED) is 0.835. The molecule has 2 N–H and O–H groups in total. The number of nitrogen functional groups attached to an aromatic ring is 1. The van der Waals surface area contributed by atoms with Gasteiger partial charge in [-0.2, -0.15) is 5.26 Å². The van der Waals surface area contributed by atoms with E-state index in [4.69, 9.17) is 11.0 Å². The Kier molecular flexibility index (Phi) is 3.49. The van der Waals surface area contributed by atoms with Crippen molar-refractivity contribution in [3.05, 3.63) is 59.7 Å². The summed E-state index contributed by atoms with van der Waals surface area (Å²) in [6.45, 7) is 0.812. The molecule has 2 aromatic carbocycles. The molecule has 0 bridgehead atoms. The molecule has 3 heteroatoms. The number of nitriles is 1. The maximum absolute atomic E-state index is 8.75. The lowest BCUT2D eigenvalue weighted by Gasteiger charge is -2.19. The fraction of sp³-hybridized carbons (Fsp3) is 0.133. The van der Waals surface area contributed by atoms with E-state index in [9.17, 15) is 0 Å². The third kappa shape index (κ3) is 2.80. The molecule has 0 radical (unpaired) electrons. The minimum Gasteiger partial charge on any atom is -0.399 e. The molecule has 18 heavy (non-hydrogen) atoms. The van der Waals surface area contributed by atoms with Crippen LogP contribution >= 0.6 is 0 Å². The van der Waals surface area contributed by atoms with E-state index in [0.717, 1.165) is 17.9 Å². The molecule has 0 saturated carbocycles. The summed E-state index contributed by atoms with van der Waals surface area (Å²) in [5.74, 6) is 0. The highest BCUT2D eigenvalue weighted by molar-refractivity contribution is 5.50. The van der Waals surface area contributed by atoms with E-state index in [1.807, 2.05) is 55.6 Å². The average molecular weight is 237 g/mol. The highest BCUT2D eigenvalue weighted by Gasteiger charge is 2.02. The van der Waals surface area contributed by atoms with Gasteiger partial charge in [0.1, 0.15) is 0 Å². The zero-order chi connectivity index (χ0) is 13.0. The second kappa shape index (κ2) is 5.24. The largest absolute Gasteiger partial charge is 0.399 e. The number of rotatable bonds is 3. The van der Waals surface area contributed by atoms with E-state index in [0.29, 0.717) is 5.56 Å². The first kappa shape index (κ1) is 12.0. The van der Waals surface area contributed by atoms with Gasteiger partial charge in [-0.15, -0.1) is 0 Å². The van der Waals surface area contributed by atoms with Gasteiger partial charge < -0.3 is 10.6 Å². The van der Waals surface area contributed by atoms with Crippen LogP contribution in [0.3, 0.4) is 0 Å². The van der Waals surface area contributed by atoms with Gasteiger partial charge >= 0.3 is 0 Å². The monoisotopic (exact) mass is 237 g/mol. The Morgan fingerprint density at radius 1 is 1.06 bits per heavy atom. The van der Waals surface area contributed by atoms with E-state index in [1.54, 1.807) is 0 Å². The Morgan fingerprint density at radius 3 is 2.22 bits per heavy atom. The fourth-order valence-corrected chi connectivity index (χ4v) is 1.78. The molecule has 0 aromatic heterocycles. The second-order valence-corrected chi connectivity index (χ2v) is 4.26. The number of benzene rings is 2. The van der Waals surface area contributed by atoms with Crippen LogP contribution in [0.4, 0.5) is 11.4 Å². The molecule has 0 aliphatic heterocycles. The van der Waals surface area contributed by atoms with Crippen molar-refractivity contribution in [2.24, 2.45) is 0 Å². The molecular weight excluding hydrogens is 222 g/mol. The van der Waals surface area contributed by atoms with Crippen molar-refractivity contribution < 1.29 is 0 Å². The van der Waals surface area contributed by atoms with Crippen molar-refractivity contribution in [1.29, 1.82) is 5.26 Å². The van der Waals surface area contributed by atoms with E-state index in [-0.39, 0.29) is 0 Å². The third-order valence-electron chi connectivity index (χ3n) is 2.84. The number of nitrogens with two attached hydrogens (primary N) is 1. The van der Waals surface area contributed by atoms with Gasteiger partial charge in [0.15, 0.2) is 0 Å². The zero-order valence-corrected chi connectivity index (χ0v) is 10.3. The summed E-state index contributed by atoms with van der Waals surface area (Å²) < 4.78 is 0. The lowest BCUT2D eigenvalue weighted by molar-refractivity contribution is 0.923. The van der Waals surface area contributed by atoms with E-state index in [1.165, 1.54) is 5.56 Å². The summed E-state index contributed by atoms with van der Waals surface area (Å²) in [4.78, 5) is 2.13. The van der Waals surface area contributed by atoms with Gasteiger partial charge in [0.2, 0.25) is 0 Å². The Balaban J connectivity index is 2.09. The van der Waals surface area contributed by atoms with Crippen LogP contribution in [0, 0.1) is 11.3 Å². The summed E-state index contributed by atoms with van der Waals surface area (Å²) in [6, 6.07) is 17.5. The van der Waals surface area contributed by atoms with Crippen molar-refractivity contribution >= 4 is 11.4 Å². The zero-order valence-electron chi connectivity index (χ0n) is 10.3. The molecule has 2 rings (SSSR count). The molecular formula is C15H15N3. The standard InChI is InChI=1S/C15H15N3/c1-18(11-13-2-6-14(17)7-3-13)15-8-4-12(10-16)5-9-15/h2-9H,11,17H2,1H3. The first-order chi connectivity index (χ1) is 8.69. The minimum absolute atomic E-state index is 0.680. The summed E-state index contributed by atoms with van der Waals surface area (Å²) in [5.41, 5.74) is 9.41. The second-order valence-electron chi connectivity index (χ2n) is 4.26.